The smallest absolute Gasteiger partial charge is 0.226 e. The molecule has 3 aromatic rings. The highest BCUT2D eigenvalue weighted by Crippen LogP contribution is 2.31. The van der Waals surface area contributed by atoms with Gasteiger partial charge < -0.3 is 14.2 Å². The molecule has 1 heterocycles. The van der Waals surface area contributed by atoms with Gasteiger partial charge in [0.25, 0.3) is 0 Å². The summed E-state index contributed by atoms with van der Waals surface area (Å²) in [6.45, 7) is 1.45. The summed E-state index contributed by atoms with van der Waals surface area (Å²) >= 11 is 0. The molecule has 0 fully saturated rings. The summed E-state index contributed by atoms with van der Waals surface area (Å²) in [5.41, 5.74) is 1.32. The molecule has 0 bridgehead atoms. The van der Waals surface area contributed by atoms with Gasteiger partial charge in [-0.1, -0.05) is 30.3 Å². The summed E-state index contributed by atoms with van der Waals surface area (Å²) in [6.07, 6.45) is 2.66. The fourth-order valence-corrected chi connectivity index (χ4v) is 2.54. The minimum atomic E-state index is -0.164. The van der Waals surface area contributed by atoms with Crippen LogP contribution in [0.5, 0.6) is 23.3 Å². The van der Waals surface area contributed by atoms with E-state index in [4.69, 9.17) is 14.2 Å². The number of allylic oxidation sites excluding steroid dienone is 1. The van der Waals surface area contributed by atoms with Crippen molar-refractivity contribution in [3.63, 3.8) is 0 Å². The molecular weight excluding hydrogens is 370 g/mol. The zero-order valence-electron chi connectivity index (χ0n) is 15.8. The molecular formula is C22H17N3O4. The molecule has 3 rings (SSSR count). The predicted octanol–water partition coefficient (Wildman–Crippen LogP) is 4.51. The van der Waals surface area contributed by atoms with Crippen molar-refractivity contribution in [3.05, 3.63) is 78.3 Å². The van der Waals surface area contributed by atoms with E-state index in [1.165, 1.54) is 32.7 Å². The van der Waals surface area contributed by atoms with Crippen LogP contribution < -0.4 is 9.47 Å². The second-order valence-corrected chi connectivity index (χ2v) is 5.83. The minimum Gasteiger partial charge on any atom is -0.504 e. The van der Waals surface area contributed by atoms with E-state index in [0.717, 1.165) is 0 Å². The first-order chi connectivity index (χ1) is 14.1. The lowest BCUT2D eigenvalue weighted by Gasteiger charge is -2.12. The number of para-hydroxylation sites is 2. The molecule has 0 unspecified atom stereocenters. The van der Waals surface area contributed by atoms with E-state index in [9.17, 15) is 10.1 Å². The molecule has 0 aliphatic rings. The first-order valence-electron chi connectivity index (χ1n) is 8.62. The number of carbonyl (C=O) groups excluding carboxylic acids is 1. The van der Waals surface area contributed by atoms with Crippen molar-refractivity contribution in [3.8, 4) is 29.3 Å². The molecule has 0 spiro atoms. The van der Waals surface area contributed by atoms with Gasteiger partial charge in [0, 0.05) is 5.56 Å². The van der Waals surface area contributed by atoms with Gasteiger partial charge in [0.05, 0.1) is 30.6 Å². The van der Waals surface area contributed by atoms with Crippen molar-refractivity contribution in [2.24, 2.45) is 0 Å². The normalized spacial score (nSPS) is 10.7. The van der Waals surface area contributed by atoms with Gasteiger partial charge in [-0.2, -0.15) is 5.26 Å². The number of nitriles is 1. The first kappa shape index (κ1) is 19.6. The van der Waals surface area contributed by atoms with E-state index in [1.807, 2.05) is 0 Å². The molecule has 7 nitrogen and oxygen atoms in total. The third kappa shape index (κ3) is 4.76. The Bertz CT molecular complexity index is 1100. The number of benzene rings is 2. The third-order valence-electron chi connectivity index (χ3n) is 3.85. The van der Waals surface area contributed by atoms with Crippen molar-refractivity contribution in [2.75, 3.05) is 7.11 Å². The summed E-state index contributed by atoms with van der Waals surface area (Å²) in [7, 11) is 1.47. The lowest BCUT2D eigenvalue weighted by molar-refractivity contribution is -0.111. The number of ketones is 1. The average Bonchev–Trinajstić information content (AvgIpc) is 2.73. The number of rotatable bonds is 7. The fourth-order valence-electron chi connectivity index (χ4n) is 2.54. The second-order valence-electron chi connectivity index (χ2n) is 5.83. The van der Waals surface area contributed by atoms with Crippen molar-refractivity contribution < 1.29 is 19.0 Å². The molecule has 0 aliphatic heterocycles. The van der Waals surface area contributed by atoms with Crippen LogP contribution >= 0.6 is 0 Å². The Hall–Kier alpha value is -4.18. The van der Waals surface area contributed by atoms with Gasteiger partial charge in [0.2, 0.25) is 11.8 Å². The van der Waals surface area contributed by atoms with Gasteiger partial charge in [-0.3, -0.25) is 4.79 Å². The standard InChI is InChI=1S/C22H17N3O4/c1-15(26)18(13-27-2)17-8-4-6-10-20(17)29-22-11-21(24-14-25-22)28-19-9-5-3-7-16(19)12-23/h3-11,13-14H,1-2H3. The SMILES string of the molecule is COC=C(C(C)=O)c1ccccc1Oc1cc(Oc2ccccc2C#N)ncn1. The maximum atomic E-state index is 12.0. The summed E-state index contributed by atoms with van der Waals surface area (Å²) in [5.74, 6) is 1.07. The molecule has 7 heteroatoms. The number of carbonyl (C=O) groups is 1. The molecule has 144 valence electrons. The lowest BCUT2D eigenvalue weighted by Crippen LogP contribution is -2.00. The number of Topliss-reactive ketones (excluding diaryl/α,β-unsaturated/α-hetero) is 1. The van der Waals surface area contributed by atoms with Gasteiger partial charge in [-0.05, 0) is 25.1 Å². The van der Waals surface area contributed by atoms with Crippen LogP contribution in [0.15, 0.2) is 67.2 Å². The van der Waals surface area contributed by atoms with Crippen LogP contribution in [0.3, 0.4) is 0 Å². The molecule has 0 N–H and O–H groups in total. The molecule has 29 heavy (non-hydrogen) atoms. The Morgan fingerprint density at radius 1 is 1.00 bits per heavy atom. The van der Waals surface area contributed by atoms with Crippen LogP contribution in [-0.2, 0) is 9.53 Å². The first-order valence-corrected chi connectivity index (χ1v) is 8.62. The highest BCUT2D eigenvalue weighted by Gasteiger charge is 2.15. The Labute approximate surface area is 167 Å². The average molecular weight is 387 g/mol. The fraction of sp³-hybridized carbons (Fsp3) is 0.0909. The molecule has 1 aromatic heterocycles. The zero-order chi connectivity index (χ0) is 20.6. The maximum Gasteiger partial charge on any atom is 0.226 e. The van der Waals surface area contributed by atoms with Gasteiger partial charge in [-0.25, -0.2) is 9.97 Å². The molecule has 0 atom stereocenters. The predicted molar refractivity (Wildman–Crippen MR) is 105 cm³/mol. The van der Waals surface area contributed by atoms with E-state index in [2.05, 4.69) is 16.0 Å². The van der Waals surface area contributed by atoms with E-state index < -0.39 is 0 Å². The van der Waals surface area contributed by atoms with E-state index >= 15 is 0 Å². The largest absolute Gasteiger partial charge is 0.504 e. The van der Waals surface area contributed by atoms with Gasteiger partial charge in [0.1, 0.15) is 23.9 Å². The Morgan fingerprint density at radius 2 is 1.62 bits per heavy atom. The van der Waals surface area contributed by atoms with Crippen LogP contribution in [0.1, 0.15) is 18.1 Å². The van der Waals surface area contributed by atoms with Crippen LogP contribution in [0.25, 0.3) is 5.57 Å². The van der Waals surface area contributed by atoms with Crippen LogP contribution in [0.2, 0.25) is 0 Å². The van der Waals surface area contributed by atoms with Crippen molar-refractivity contribution in [2.45, 2.75) is 6.92 Å². The van der Waals surface area contributed by atoms with Gasteiger partial charge >= 0.3 is 0 Å². The van der Waals surface area contributed by atoms with Crippen molar-refractivity contribution >= 4 is 11.4 Å². The number of ether oxygens (including phenoxy) is 3. The highest BCUT2D eigenvalue weighted by atomic mass is 16.5. The lowest BCUT2D eigenvalue weighted by atomic mass is 10.0. The Balaban J connectivity index is 1.89. The third-order valence-corrected chi connectivity index (χ3v) is 3.85. The second kappa shape index (κ2) is 9.15. The maximum absolute atomic E-state index is 12.0. The van der Waals surface area contributed by atoms with Crippen LogP contribution in [0.4, 0.5) is 0 Å². The number of methoxy groups -OCH3 is 1. The summed E-state index contributed by atoms with van der Waals surface area (Å²) in [6, 6.07) is 17.4. The Kier molecular flexibility index (Phi) is 6.18. The topological polar surface area (TPSA) is 94.3 Å². The quantitative estimate of drug-likeness (QED) is 0.435. The summed E-state index contributed by atoms with van der Waals surface area (Å²) in [4.78, 5) is 20.1. The van der Waals surface area contributed by atoms with E-state index in [-0.39, 0.29) is 17.5 Å². The van der Waals surface area contributed by atoms with Crippen LogP contribution in [-0.4, -0.2) is 22.9 Å². The molecule has 0 amide bonds. The van der Waals surface area contributed by atoms with Crippen molar-refractivity contribution in [1.29, 1.82) is 5.26 Å². The number of hydrogen-bond acceptors (Lipinski definition) is 7. The zero-order valence-corrected chi connectivity index (χ0v) is 15.8. The number of hydrogen-bond donors (Lipinski definition) is 0. The number of nitrogens with zero attached hydrogens (tertiary/aromatic N) is 3. The summed E-state index contributed by atoms with van der Waals surface area (Å²) < 4.78 is 16.6. The minimum absolute atomic E-state index is 0.164. The molecule has 0 saturated heterocycles. The van der Waals surface area contributed by atoms with Crippen LogP contribution in [0, 0.1) is 11.3 Å². The highest BCUT2D eigenvalue weighted by molar-refractivity contribution is 6.20. The van der Waals surface area contributed by atoms with E-state index in [0.29, 0.717) is 28.2 Å². The molecule has 0 radical (unpaired) electrons. The van der Waals surface area contributed by atoms with Gasteiger partial charge in [-0.15, -0.1) is 0 Å². The molecule has 0 saturated carbocycles. The van der Waals surface area contributed by atoms with E-state index in [1.54, 1.807) is 48.5 Å². The Morgan fingerprint density at radius 3 is 2.28 bits per heavy atom. The summed E-state index contributed by atoms with van der Waals surface area (Å²) in [5, 5.41) is 9.19. The van der Waals surface area contributed by atoms with Gasteiger partial charge in [0.15, 0.2) is 5.78 Å². The number of aromatic nitrogens is 2. The van der Waals surface area contributed by atoms with Crippen molar-refractivity contribution in [1.82, 2.24) is 9.97 Å². The monoisotopic (exact) mass is 387 g/mol. The molecule has 0 aliphatic carbocycles. The molecule has 2 aromatic carbocycles.